The second-order valence-electron chi connectivity index (χ2n) is 1.75. The summed E-state index contributed by atoms with van der Waals surface area (Å²) in [6, 6.07) is 0. The topological polar surface area (TPSA) is 26.3 Å². The average Bonchev–Trinajstić information content (AvgIpc) is 1.99. The molecule has 5 heteroatoms. The predicted molar refractivity (Wildman–Crippen MR) is 30.3 cm³/mol. The van der Waals surface area contributed by atoms with Gasteiger partial charge in [0.25, 0.3) is 0 Å². The molecule has 2 nitrogen and oxygen atoms in total. The fraction of sp³-hybridized carbons (Fsp3) is 0. The first-order chi connectivity index (χ1) is 5.15. The van der Waals surface area contributed by atoms with Gasteiger partial charge in [0.2, 0.25) is 0 Å². The van der Waals surface area contributed by atoms with E-state index in [4.69, 9.17) is 4.74 Å². The Morgan fingerprint density at radius 2 is 2.09 bits per heavy atom. The van der Waals surface area contributed by atoms with Gasteiger partial charge in [0.05, 0.1) is 0 Å². The molecule has 0 aromatic carbocycles. The molecule has 0 aliphatic carbocycles. The molecule has 1 aliphatic heterocycles. The molecule has 11 heavy (non-hydrogen) atoms. The van der Waals surface area contributed by atoms with Gasteiger partial charge in [0.1, 0.15) is 0 Å². The van der Waals surface area contributed by atoms with E-state index in [2.05, 4.69) is 0 Å². The average molecular weight is 658 g/mol. The van der Waals surface area contributed by atoms with Gasteiger partial charge >= 0.3 is 97.6 Å². The standard InChI is InChI=1S/C6H2O2.3W/c1-5-4-6(7)2-3-8-5;;;/h1,4H;;;. The summed E-state index contributed by atoms with van der Waals surface area (Å²) in [5.41, 5.74) is 0. The van der Waals surface area contributed by atoms with E-state index in [0.717, 1.165) is 7.98 Å². The molecule has 0 saturated heterocycles. The fourth-order valence-electron chi connectivity index (χ4n) is 0.536. The minimum atomic E-state index is 0.115. The van der Waals surface area contributed by atoms with Gasteiger partial charge in [-0.05, 0) is 0 Å². The number of ether oxygens (including phenoxy) is 1. The third kappa shape index (κ3) is 2.41. The molecular formula is C6H2O2W3. The summed E-state index contributed by atoms with van der Waals surface area (Å²) in [6.07, 6.45) is 1.56. The molecule has 1 rings (SSSR count). The molecule has 0 aromatic heterocycles. The maximum atomic E-state index is 11.2. The fourth-order valence-corrected chi connectivity index (χ4v) is 2.02. The Morgan fingerprint density at radius 1 is 1.45 bits per heavy atom. The maximum absolute atomic E-state index is 11.2. The van der Waals surface area contributed by atoms with Crippen LogP contribution in [0.1, 0.15) is 0 Å². The summed E-state index contributed by atoms with van der Waals surface area (Å²) in [6.45, 7) is 0. The van der Waals surface area contributed by atoms with Crippen LogP contribution in [0.25, 0.3) is 0 Å². The first kappa shape index (κ1) is 9.97. The van der Waals surface area contributed by atoms with Crippen molar-refractivity contribution in [1.82, 2.24) is 0 Å². The van der Waals surface area contributed by atoms with Gasteiger partial charge in [0, 0.05) is 0 Å². The molecule has 0 amide bonds. The molecular weight excluding hydrogens is 656 g/mol. The number of hydrogen-bond donors (Lipinski definition) is 0. The molecule has 0 unspecified atom stereocenters. The Kier molecular flexibility index (Phi) is 3.82. The van der Waals surface area contributed by atoms with Crippen molar-refractivity contribution in [3.05, 3.63) is 11.8 Å². The van der Waals surface area contributed by atoms with Gasteiger partial charge in [-0.15, -0.1) is 0 Å². The van der Waals surface area contributed by atoms with Gasteiger partial charge in [-0.2, -0.15) is 0 Å². The zero-order valence-electron chi connectivity index (χ0n) is 5.20. The van der Waals surface area contributed by atoms with Crippen molar-refractivity contribution >= 4 is 18.2 Å². The van der Waals surface area contributed by atoms with Gasteiger partial charge in [-0.25, -0.2) is 0 Å². The Hall–Kier alpha value is 0.885. The summed E-state index contributed by atoms with van der Waals surface area (Å²) in [7, 11) is 0. The minimum absolute atomic E-state index is 0.115. The summed E-state index contributed by atoms with van der Waals surface area (Å²) in [5.74, 6) is 0.823. The van der Waals surface area contributed by atoms with Gasteiger partial charge < -0.3 is 0 Å². The number of carbonyl (C=O) groups excluding carboxylic acids is 1. The molecule has 0 aromatic rings. The van der Waals surface area contributed by atoms with Crippen LogP contribution in [0, 0.1) is 0 Å². The van der Waals surface area contributed by atoms with Crippen molar-refractivity contribution in [3.63, 3.8) is 0 Å². The van der Waals surface area contributed by atoms with Crippen LogP contribution in [0.4, 0.5) is 0 Å². The van der Waals surface area contributed by atoms with Crippen LogP contribution >= 0.6 is 0 Å². The van der Waals surface area contributed by atoms with E-state index in [1.165, 1.54) is 58.1 Å². The Balaban J connectivity index is 3.02. The third-order valence-electron chi connectivity index (χ3n) is 1.01. The summed E-state index contributed by atoms with van der Waals surface area (Å²) in [5, 5.41) is 0. The molecule has 1 heterocycles. The Bertz CT molecular complexity index is 290. The summed E-state index contributed by atoms with van der Waals surface area (Å²) >= 11 is 3.71. The van der Waals surface area contributed by atoms with Crippen molar-refractivity contribution < 1.29 is 67.6 Å². The number of ketones is 1. The van der Waals surface area contributed by atoms with Crippen LogP contribution < -0.4 is 0 Å². The Morgan fingerprint density at radius 3 is 2.55 bits per heavy atom. The number of carbonyl (C=O) groups is 1. The van der Waals surface area contributed by atoms with Crippen molar-refractivity contribution in [3.8, 4) is 0 Å². The molecule has 0 saturated carbocycles. The zero-order valence-corrected chi connectivity index (χ0v) is 14.0. The van der Waals surface area contributed by atoms with E-state index in [-0.39, 0.29) is 5.78 Å². The molecule has 56 valence electrons. The van der Waals surface area contributed by atoms with Crippen molar-refractivity contribution in [2.24, 2.45) is 0 Å². The molecule has 0 atom stereocenters. The molecule has 0 radical (unpaired) electrons. The molecule has 0 N–H and O–H groups in total. The van der Waals surface area contributed by atoms with Gasteiger partial charge in [-0.3, -0.25) is 0 Å². The van der Waals surface area contributed by atoms with Gasteiger partial charge in [-0.1, -0.05) is 0 Å². The third-order valence-corrected chi connectivity index (χ3v) is 6.28. The number of rotatable bonds is 1. The van der Waals surface area contributed by atoms with E-state index in [1.807, 2.05) is 4.40 Å². The van der Waals surface area contributed by atoms with Crippen LogP contribution in [-0.2, 0) is 67.6 Å². The second-order valence-corrected chi connectivity index (χ2v) is 5.39. The SMILES string of the molecule is O=C1C=C([CH]=[W])O[C](=[W])[C]1=[W]. The summed E-state index contributed by atoms with van der Waals surface area (Å²) < 4.78 is 8.89. The normalized spacial score (nSPS) is 17.5. The van der Waals surface area contributed by atoms with Crippen molar-refractivity contribution in [1.29, 1.82) is 0 Å². The van der Waals surface area contributed by atoms with Gasteiger partial charge in [0.15, 0.2) is 0 Å². The first-order valence-corrected chi connectivity index (χ1v) is 7.25. The predicted octanol–water partition coefficient (Wildman–Crippen LogP) is -0.785. The van der Waals surface area contributed by atoms with E-state index in [0.29, 0.717) is 5.76 Å². The van der Waals surface area contributed by atoms with Crippen LogP contribution in [0.5, 0.6) is 0 Å². The quantitative estimate of drug-likeness (QED) is 0.370. The summed E-state index contributed by atoms with van der Waals surface area (Å²) in [4.78, 5) is 11.2. The molecule has 1 aliphatic rings. The Labute approximate surface area is 96.6 Å². The van der Waals surface area contributed by atoms with E-state index >= 15 is 0 Å². The number of hydrogen-bond acceptors (Lipinski definition) is 2. The van der Waals surface area contributed by atoms with Crippen LogP contribution in [-0.4, -0.2) is 18.2 Å². The van der Waals surface area contributed by atoms with E-state index in [1.54, 1.807) is 6.08 Å². The first-order valence-electron chi connectivity index (χ1n) is 2.62. The van der Waals surface area contributed by atoms with Crippen molar-refractivity contribution in [2.75, 3.05) is 0 Å². The van der Waals surface area contributed by atoms with E-state index in [9.17, 15) is 4.79 Å². The van der Waals surface area contributed by atoms with Crippen LogP contribution in [0.15, 0.2) is 11.8 Å². The monoisotopic (exact) mass is 658 g/mol. The van der Waals surface area contributed by atoms with Crippen LogP contribution in [0.2, 0.25) is 0 Å². The van der Waals surface area contributed by atoms with Crippen LogP contribution in [0.3, 0.4) is 0 Å². The molecule has 0 spiro atoms. The van der Waals surface area contributed by atoms with Crippen molar-refractivity contribution in [2.45, 2.75) is 0 Å². The second kappa shape index (κ2) is 4.22. The zero-order chi connectivity index (χ0) is 8.43. The molecule has 0 fully saturated rings. The molecule has 0 bridgehead atoms. The number of allylic oxidation sites excluding steroid dienone is 2. The van der Waals surface area contributed by atoms with E-state index < -0.39 is 0 Å².